The van der Waals surface area contributed by atoms with Gasteiger partial charge in [-0.05, 0) is 89.9 Å². The van der Waals surface area contributed by atoms with Crippen molar-refractivity contribution in [1.29, 1.82) is 0 Å². The molecule has 77 heavy (non-hydrogen) atoms. The van der Waals surface area contributed by atoms with Gasteiger partial charge in [0.2, 0.25) is 0 Å². The molecule has 0 aromatic carbocycles. The van der Waals surface area contributed by atoms with E-state index >= 15 is 0 Å². The Morgan fingerprint density at radius 3 is 0.818 bits per heavy atom. The third-order valence-corrected chi connectivity index (χ3v) is 14.7. The second-order valence-electron chi connectivity index (χ2n) is 22.4. The van der Waals surface area contributed by atoms with E-state index in [4.69, 9.17) is 14.2 Å². The standard InChI is InChI=1S/C71H126O6/c1-4-7-10-13-16-19-22-25-28-31-33-34-35-36-38-40-43-46-49-52-55-58-61-64-70(73)76-67-68(66-75-69(72)63-60-57-54-51-48-45-42-39-30-27-24-21-18-15-12-9-6-3)77-71(74)65-62-59-56-53-50-47-44-41-37-32-29-26-23-20-17-14-11-8-5-2/h7,10,16-17,19-20,25-26,28-29,33-34,68H,4-6,8-9,11-15,18,21-24,27,30-32,35-67H2,1-3H3/b10-7-,19-16-,20-17-,28-25-,29-26-,34-33-. The second-order valence-corrected chi connectivity index (χ2v) is 22.4. The Morgan fingerprint density at radius 2 is 0.506 bits per heavy atom. The number of unbranched alkanes of at least 4 members (excludes halogenated alkanes) is 38. The molecule has 6 nitrogen and oxygen atoms in total. The lowest BCUT2D eigenvalue weighted by atomic mass is 10.0. The number of hydrogen-bond donors (Lipinski definition) is 0. The summed E-state index contributed by atoms with van der Waals surface area (Å²) in [6.07, 6.45) is 84.8. The summed E-state index contributed by atoms with van der Waals surface area (Å²) >= 11 is 0. The lowest BCUT2D eigenvalue weighted by Crippen LogP contribution is -2.30. The molecule has 1 atom stereocenters. The van der Waals surface area contributed by atoms with E-state index in [9.17, 15) is 14.4 Å². The maximum Gasteiger partial charge on any atom is 0.306 e. The average molecular weight is 1080 g/mol. The predicted molar refractivity (Wildman–Crippen MR) is 335 cm³/mol. The van der Waals surface area contributed by atoms with Gasteiger partial charge in [-0.15, -0.1) is 0 Å². The summed E-state index contributed by atoms with van der Waals surface area (Å²) in [6.45, 7) is 6.55. The molecule has 0 aromatic heterocycles. The van der Waals surface area contributed by atoms with Crippen molar-refractivity contribution in [3.63, 3.8) is 0 Å². The fraction of sp³-hybridized carbons (Fsp3) is 0.789. The van der Waals surface area contributed by atoms with Crippen molar-refractivity contribution < 1.29 is 28.6 Å². The first kappa shape index (κ1) is 73.8. The SMILES string of the molecule is CC/C=C\C/C=C\C/C=C\C/C=C\CCCCCCCCCCCCC(=O)OCC(COC(=O)CCCCCCCCCCCCCCCCCCC)OC(=O)CCCCCCCCCCC/C=C\C/C=C\CCCCC. The Morgan fingerprint density at radius 1 is 0.273 bits per heavy atom. The van der Waals surface area contributed by atoms with Crippen LogP contribution in [-0.2, 0) is 28.6 Å². The Balaban J connectivity index is 4.35. The third kappa shape index (κ3) is 63.6. The van der Waals surface area contributed by atoms with Crippen molar-refractivity contribution in [3.8, 4) is 0 Å². The van der Waals surface area contributed by atoms with Gasteiger partial charge < -0.3 is 14.2 Å². The van der Waals surface area contributed by atoms with Crippen LogP contribution in [0.1, 0.15) is 342 Å². The summed E-state index contributed by atoms with van der Waals surface area (Å²) in [7, 11) is 0. The van der Waals surface area contributed by atoms with Crippen molar-refractivity contribution in [3.05, 3.63) is 72.9 Å². The highest BCUT2D eigenvalue weighted by Crippen LogP contribution is 2.17. The maximum absolute atomic E-state index is 12.9. The van der Waals surface area contributed by atoms with Crippen LogP contribution in [0.5, 0.6) is 0 Å². The summed E-state index contributed by atoms with van der Waals surface area (Å²) in [5.41, 5.74) is 0. The molecule has 0 aliphatic rings. The van der Waals surface area contributed by atoms with Crippen LogP contribution in [0.3, 0.4) is 0 Å². The molecule has 1 unspecified atom stereocenters. The van der Waals surface area contributed by atoms with E-state index in [1.165, 1.54) is 212 Å². The molecular weight excluding hydrogens is 949 g/mol. The van der Waals surface area contributed by atoms with Gasteiger partial charge in [0, 0.05) is 19.3 Å². The molecule has 0 N–H and O–H groups in total. The molecule has 446 valence electrons. The lowest BCUT2D eigenvalue weighted by molar-refractivity contribution is -0.167. The van der Waals surface area contributed by atoms with Gasteiger partial charge in [-0.2, -0.15) is 0 Å². The number of carbonyl (C=O) groups is 3. The van der Waals surface area contributed by atoms with E-state index in [1.807, 2.05) is 0 Å². The summed E-state index contributed by atoms with van der Waals surface area (Å²) < 4.78 is 17.0. The first-order valence-corrected chi connectivity index (χ1v) is 33.4. The van der Waals surface area contributed by atoms with Crippen LogP contribution in [-0.4, -0.2) is 37.2 Å². The predicted octanol–water partition coefficient (Wildman–Crippen LogP) is 22.9. The van der Waals surface area contributed by atoms with Crippen LogP contribution in [0.15, 0.2) is 72.9 Å². The topological polar surface area (TPSA) is 78.9 Å². The molecule has 6 heteroatoms. The summed E-state index contributed by atoms with van der Waals surface area (Å²) in [4.78, 5) is 38.4. The van der Waals surface area contributed by atoms with E-state index in [0.717, 1.165) is 89.9 Å². The normalized spacial score (nSPS) is 12.5. The minimum Gasteiger partial charge on any atom is -0.462 e. The number of carbonyl (C=O) groups excluding carboxylic acids is 3. The highest BCUT2D eigenvalue weighted by Gasteiger charge is 2.19. The first-order chi connectivity index (χ1) is 38.0. The molecular formula is C71H126O6. The number of rotatable bonds is 61. The van der Waals surface area contributed by atoms with Gasteiger partial charge in [0.05, 0.1) is 0 Å². The van der Waals surface area contributed by atoms with Gasteiger partial charge in [-0.3, -0.25) is 14.4 Å². The molecule has 0 fully saturated rings. The van der Waals surface area contributed by atoms with Gasteiger partial charge in [-0.25, -0.2) is 0 Å². The molecule has 0 radical (unpaired) electrons. The Kier molecular flexibility index (Phi) is 62.7. The van der Waals surface area contributed by atoms with E-state index in [2.05, 4.69) is 93.7 Å². The van der Waals surface area contributed by atoms with Crippen LogP contribution in [0, 0.1) is 0 Å². The Hall–Kier alpha value is -3.15. The van der Waals surface area contributed by atoms with Gasteiger partial charge in [0.25, 0.3) is 0 Å². The number of allylic oxidation sites excluding steroid dienone is 12. The monoisotopic (exact) mass is 1070 g/mol. The van der Waals surface area contributed by atoms with Crippen LogP contribution in [0.4, 0.5) is 0 Å². The summed E-state index contributed by atoms with van der Waals surface area (Å²) in [6, 6.07) is 0. The number of ether oxygens (including phenoxy) is 3. The van der Waals surface area contributed by atoms with Gasteiger partial charge in [0.15, 0.2) is 6.10 Å². The van der Waals surface area contributed by atoms with Crippen molar-refractivity contribution in [1.82, 2.24) is 0 Å². The largest absolute Gasteiger partial charge is 0.462 e. The van der Waals surface area contributed by atoms with Gasteiger partial charge in [-0.1, -0.05) is 306 Å². The third-order valence-electron chi connectivity index (χ3n) is 14.7. The molecule has 0 aromatic rings. The quantitative estimate of drug-likeness (QED) is 0.0261. The second kappa shape index (κ2) is 65.4. The molecule has 0 aliphatic heterocycles. The summed E-state index contributed by atoms with van der Waals surface area (Å²) in [5, 5.41) is 0. The minimum absolute atomic E-state index is 0.0745. The van der Waals surface area contributed by atoms with Crippen molar-refractivity contribution in [2.75, 3.05) is 13.2 Å². The average Bonchev–Trinajstić information content (AvgIpc) is 3.43. The zero-order valence-corrected chi connectivity index (χ0v) is 51.2. The highest BCUT2D eigenvalue weighted by atomic mass is 16.6. The van der Waals surface area contributed by atoms with E-state index in [0.29, 0.717) is 19.3 Å². The molecule has 0 spiro atoms. The highest BCUT2D eigenvalue weighted by molar-refractivity contribution is 5.71. The van der Waals surface area contributed by atoms with Gasteiger partial charge in [0.1, 0.15) is 13.2 Å². The molecule has 0 aliphatic carbocycles. The Labute approximate surface area is 478 Å². The zero-order chi connectivity index (χ0) is 55.7. The molecule has 0 bridgehead atoms. The molecule has 0 heterocycles. The number of esters is 3. The van der Waals surface area contributed by atoms with Crippen LogP contribution >= 0.6 is 0 Å². The Bertz CT molecular complexity index is 1420. The minimum atomic E-state index is -0.779. The zero-order valence-electron chi connectivity index (χ0n) is 51.2. The molecule has 0 saturated heterocycles. The molecule has 0 amide bonds. The lowest BCUT2D eigenvalue weighted by Gasteiger charge is -2.18. The van der Waals surface area contributed by atoms with Crippen LogP contribution in [0.25, 0.3) is 0 Å². The van der Waals surface area contributed by atoms with E-state index in [-0.39, 0.29) is 31.1 Å². The maximum atomic E-state index is 12.9. The fourth-order valence-corrected chi connectivity index (χ4v) is 9.70. The van der Waals surface area contributed by atoms with Gasteiger partial charge >= 0.3 is 17.9 Å². The smallest absolute Gasteiger partial charge is 0.306 e. The molecule has 0 saturated carbocycles. The molecule has 0 rings (SSSR count). The van der Waals surface area contributed by atoms with Crippen LogP contribution < -0.4 is 0 Å². The fourth-order valence-electron chi connectivity index (χ4n) is 9.70. The van der Waals surface area contributed by atoms with Crippen LogP contribution in [0.2, 0.25) is 0 Å². The summed E-state index contributed by atoms with van der Waals surface area (Å²) in [5.74, 6) is -0.863. The van der Waals surface area contributed by atoms with Crippen molar-refractivity contribution in [2.24, 2.45) is 0 Å². The van der Waals surface area contributed by atoms with E-state index in [1.54, 1.807) is 0 Å². The first-order valence-electron chi connectivity index (χ1n) is 33.4. The van der Waals surface area contributed by atoms with E-state index < -0.39 is 6.10 Å². The number of hydrogen-bond acceptors (Lipinski definition) is 6. The van der Waals surface area contributed by atoms with Crippen molar-refractivity contribution >= 4 is 17.9 Å². The van der Waals surface area contributed by atoms with Crippen molar-refractivity contribution in [2.45, 2.75) is 348 Å².